The smallest absolute Gasteiger partial charge is 0.330 e. The molecular formula is C16H18N4O3. The van der Waals surface area contributed by atoms with Crippen LogP contribution in [-0.4, -0.2) is 34.0 Å². The largest absolute Gasteiger partial charge is 0.391 e. The lowest BCUT2D eigenvalue weighted by molar-refractivity contribution is -0.161. The van der Waals surface area contributed by atoms with Gasteiger partial charge in [-0.1, -0.05) is 12.1 Å². The molecule has 2 rings (SSSR count). The zero-order valence-electron chi connectivity index (χ0n) is 12.5. The maximum Gasteiger partial charge on any atom is 0.330 e. The van der Waals surface area contributed by atoms with Gasteiger partial charge in [-0.15, -0.1) is 0 Å². The summed E-state index contributed by atoms with van der Waals surface area (Å²) in [6.45, 7) is 0. The van der Waals surface area contributed by atoms with Crippen LogP contribution >= 0.6 is 0 Å². The van der Waals surface area contributed by atoms with Gasteiger partial charge < -0.3 is 16.2 Å². The van der Waals surface area contributed by atoms with E-state index in [9.17, 15) is 9.59 Å². The Morgan fingerprint density at radius 2 is 1.74 bits per heavy atom. The first-order valence-corrected chi connectivity index (χ1v) is 7.12. The number of hydrogen-bond donors (Lipinski definition) is 2. The molecule has 0 unspecified atom stereocenters. The summed E-state index contributed by atoms with van der Waals surface area (Å²) in [6.07, 6.45) is 5.23. The van der Waals surface area contributed by atoms with Crippen molar-refractivity contribution in [3.05, 3.63) is 60.2 Å². The van der Waals surface area contributed by atoms with Crippen molar-refractivity contribution in [1.29, 1.82) is 0 Å². The Bertz CT molecular complexity index is 591. The van der Waals surface area contributed by atoms with Crippen LogP contribution in [-0.2, 0) is 27.2 Å². The first-order chi connectivity index (χ1) is 11.1. The summed E-state index contributed by atoms with van der Waals surface area (Å²) in [5, 5.41) is 0. The van der Waals surface area contributed by atoms with Gasteiger partial charge in [0.25, 0.3) is 0 Å². The molecule has 4 N–H and O–H groups in total. The number of carbonyl (C=O) groups is 2. The van der Waals surface area contributed by atoms with Crippen LogP contribution in [0.1, 0.15) is 11.3 Å². The highest BCUT2D eigenvalue weighted by Gasteiger charge is 2.23. The van der Waals surface area contributed by atoms with E-state index < -0.39 is 24.0 Å². The van der Waals surface area contributed by atoms with Crippen molar-refractivity contribution < 1.29 is 14.3 Å². The van der Waals surface area contributed by atoms with Crippen molar-refractivity contribution in [2.24, 2.45) is 11.5 Å². The standard InChI is InChI=1S/C16H18N4O3/c17-13(8-11-4-3-6-19-10-11)15(21)23-16(22)14(18)9-12-5-1-2-7-20-12/h1-7,10,13-14H,8-9,17-18H2/t13-,14-/m0/s1. The van der Waals surface area contributed by atoms with E-state index in [-0.39, 0.29) is 12.8 Å². The average Bonchev–Trinajstić information content (AvgIpc) is 2.56. The lowest BCUT2D eigenvalue weighted by atomic mass is 10.1. The fourth-order valence-corrected chi connectivity index (χ4v) is 1.93. The molecule has 0 fully saturated rings. The molecule has 0 spiro atoms. The van der Waals surface area contributed by atoms with Gasteiger partial charge in [-0.2, -0.15) is 0 Å². The van der Waals surface area contributed by atoms with E-state index in [1.807, 2.05) is 0 Å². The van der Waals surface area contributed by atoms with E-state index in [2.05, 4.69) is 9.97 Å². The Balaban J connectivity index is 1.85. The summed E-state index contributed by atoms with van der Waals surface area (Å²) in [4.78, 5) is 31.7. The van der Waals surface area contributed by atoms with E-state index in [4.69, 9.17) is 16.2 Å². The second-order valence-electron chi connectivity index (χ2n) is 5.04. The fourth-order valence-electron chi connectivity index (χ4n) is 1.93. The van der Waals surface area contributed by atoms with Gasteiger partial charge in [0, 0.05) is 30.7 Å². The number of nitrogens with zero attached hydrogens (tertiary/aromatic N) is 2. The van der Waals surface area contributed by atoms with Gasteiger partial charge in [-0.25, -0.2) is 9.59 Å². The van der Waals surface area contributed by atoms with E-state index in [0.717, 1.165) is 5.56 Å². The SMILES string of the molecule is N[C@@H](Cc1cccnc1)C(=O)OC(=O)[C@@H](N)Cc1ccccn1. The molecule has 0 saturated heterocycles. The van der Waals surface area contributed by atoms with Gasteiger partial charge in [0.1, 0.15) is 12.1 Å². The molecule has 7 nitrogen and oxygen atoms in total. The summed E-state index contributed by atoms with van der Waals surface area (Å²) < 4.78 is 4.74. The second kappa shape index (κ2) is 8.11. The van der Waals surface area contributed by atoms with Gasteiger partial charge >= 0.3 is 11.9 Å². The third kappa shape index (κ3) is 5.24. The normalized spacial score (nSPS) is 13.1. The Labute approximate surface area is 133 Å². The van der Waals surface area contributed by atoms with Crippen LogP contribution in [0.15, 0.2) is 48.9 Å². The molecule has 23 heavy (non-hydrogen) atoms. The van der Waals surface area contributed by atoms with Crippen LogP contribution in [0.2, 0.25) is 0 Å². The highest BCUT2D eigenvalue weighted by Crippen LogP contribution is 2.03. The Hall–Kier alpha value is -2.64. The van der Waals surface area contributed by atoms with E-state index in [0.29, 0.717) is 5.69 Å². The van der Waals surface area contributed by atoms with Crippen molar-refractivity contribution in [2.75, 3.05) is 0 Å². The van der Waals surface area contributed by atoms with Crippen molar-refractivity contribution in [3.63, 3.8) is 0 Å². The van der Waals surface area contributed by atoms with E-state index >= 15 is 0 Å². The maximum absolute atomic E-state index is 11.9. The molecule has 0 amide bonds. The summed E-state index contributed by atoms with van der Waals surface area (Å²) in [6, 6.07) is 6.88. The lowest BCUT2D eigenvalue weighted by Crippen LogP contribution is -2.41. The molecule has 0 aliphatic heterocycles. The lowest BCUT2D eigenvalue weighted by Gasteiger charge is -2.13. The molecule has 2 aromatic heterocycles. The molecule has 0 aliphatic carbocycles. The molecule has 0 radical (unpaired) electrons. The Kier molecular flexibility index (Phi) is 5.90. The quantitative estimate of drug-likeness (QED) is 0.568. The average molecular weight is 314 g/mol. The summed E-state index contributed by atoms with van der Waals surface area (Å²) in [5.74, 6) is -1.63. The van der Waals surface area contributed by atoms with E-state index in [1.165, 1.54) is 0 Å². The first kappa shape index (κ1) is 16.7. The van der Waals surface area contributed by atoms with Crippen molar-refractivity contribution in [3.8, 4) is 0 Å². The number of aromatic nitrogens is 2. The predicted octanol–water partition coefficient (Wildman–Crippen LogP) is -0.0138. The zero-order chi connectivity index (χ0) is 16.7. The number of nitrogens with two attached hydrogens (primary N) is 2. The fraction of sp³-hybridized carbons (Fsp3) is 0.250. The monoisotopic (exact) mass is 314 g/mol. The number of rotatable bonds is 6. The Morgan fingerprint density at radius 1 is 1.00 bits per heavy atom. The minimum Gasteiger partial charge on any atom is -0.391 e. The number of carbonyl (C=O) groups excluding carboxylic acids is 2. The van der Waals surface area contributed by atoms with Crippen molar-refractivity contribution >= 4 is 11.9 Å². The first-order valence-electron chi connectivity index (χ1n) is 7.12. The molecule has 0 aromatic carbocycles. The van der Waals surface area contributed by atoms with Gasteiger partial charge in [0.15, 0.2) is 0 Å². The topological polar surface area (TPSA) is 121 Å². The number of ether oxygens (including phenoxy) is 1. The molecule has 0 saturated carbocycles. The highest BCUT2D eigenvalue weighted by atomic mass is 16.6. The van der Waals surface area contributed by atoms with Crippen LogP contribution in [0.4, 0.5) is 0 Å². The number of hydrogen-bond acceptors (Lipinski definition) is 7. The van der Waals surface area contributed by atoms with Crippen LogP contribution in [0, 0.1) is 0 Å². The minimum atomic E-state index is -0.973. The third-order valence-corrected chi connectivity index (χ3v) is 3.14. The molecule has 2 aromatic rings. The van der Waals surface area contributed by atoms with Gasteiger partial charge in [0.2, 0.25) is 0 Å². The van der Waals surface area contributed by atoms with Crippen LogP contribution < -0.4 is 11.5 Å². The second-order valence-corrected chi connectivity index (χ2v) is 5.04. The van der Waals surface area contributed by atoms with E-state index in [1.54, 1.807) is 48.9 Å². The van der Waals surface area contributed by atoms with Gasteiger partial charge in [0.05, 0.1) is 0 Å². The Morgan fingerprint density at radius 3 is 2.35 bits per heavy atom. The van der Waals surface area contributed by atoms with Crippen molar-refractivity contribution in [2.45, 2.75) is 24.9 Å². The molecule has 7 heteroatoms. The molecule has 0 aliphatic rings. The third-order valence-electron chi connectivity index (χ3n) is 3.14. The summed E-state index contributed by atoms with van der Waals surface area (Å²) in [5.41, 5.74) is 12.9. The van der Waals surface area contributed by atoms with Crippen LogP contribution in [0.25, 0.3) is 0 Å². The summed E-state index contributed by atoms with van der Waals surface area (Å²) in [7, 11) is 0. The molecule has 120 valence electrons. The van der Waals surface area contributed by atoms with Gasteiger partial charge in [-0.3, -0.25) is 9.97 Å². The van der Waals surface area contributed by atoms with Crippen LogP contribution in [0.5, 0.6) is 0 Å². The highest BCUT2D eigenvalue weighted by molar-refractivity contribution is 5.90. The molecule has 0 bridgehead atoms. The van der Waals surface area contributed by atoms with Crippen molar-refractivity contribution in [1.82, 2.24) is 9.97 Å². The molecular weight excluding hydrogens is 296 g/mol. The maximum atomic E-state index is 11.9. The number of esters is 2. The van der Waals surface area contributed by atoms with Gasteiger partial charge in [-0.05, 0) is 30.2 Å². The number of pyridine rings is 2. The summed E-state index contributed by atoms with van der Waals surface area (Å²) >= 11 is 0. The minimum absolute atomic E-state index is 0.185. The van der Waals surface area contributed by atoms with Crippen LogP contribution in [0.3, 0.4) is 0 Å². The predicted molar refractivity (Wildman–Crippen MR) is 82.9 cm³/mol. The molecule has 2 atom stereocenters. The molecule has 2 heterocycles. The zero-order valence-corrected chi connectivity index (χ0v) is 12.5.